The molecule has 0 aliphatic carbocycles. The van der Waals surface area contributed by atoms with Crippen molar-refractivity contribution in [3.8, 4) is 17.1 Å². The van der Waals surface area contributed by atoms with E-state index in [1.807, 2.05) is 6.07 Å². The van der Waals surface area contributed by atoms with Gasteiger partial charge in [-0.2, -0.15) is 0 Å². The Kier molecular flexibility index (Phi) is 5.53. The summed E-state index contributed by atoms with van der Waals surface area (Å²) in [5.41, 5.74) is 8.62. The van der Waals surface area contributed by atoms with Gasteiger partial charge in [-0.15, -0.1) is 0 Å². The molecule has 154 valence electrons. The second-order valence-corrected chi connectivity index (χ2v) is 6.74. The van der Waals surface area contributed by atoms with E-state index in [0.29, 0.717) is 41.3 Å². The van der Waals surface area contributed by atoms with E-state index in [2.05, 4.69) is 19.9 Å². The minimum Gasteiger partial charge on any atom is -0.481 e. The van der Waals surface area contributed by atoms with Crippen molar-refractivity contribution in [2.24, 2.45) is 0 Å². The predicted molar refractivity (Wildman–Crippen MR) is 112 cm³/mol. The summed E-state index contributed by atoms with van der Waals surface area (Å²) in [6.45, 7) is 2.79. The minimum atomic E-state index is -0.509. The molecule has 8 nitrogen and oxygen atoms in total. The number of pyridine rings is 3. The molecule has 4 rings (SSSR count). The monoisotopic (exact) mass is 408 g/mol. The maximum absolute atomic E-state index is 13.8. The number of halogens is 1. The van der Waals surface area contributed by atoms with E-state index in [9.17, 15) is 4.39 Å². The molecular weight excluding hydrogens is 387 g/mol. The Balaban J connectivity index is 1.70. The van der Waals surface area contributed by atoms with Crippen molar-refractivity contribution in [2.45, 2.75) is 0 Å². The Hall–Kier alpha value is -3.59. The summed E-state index contributed by atoms with van der Waals surface area (Å²) in [5.74, 6) is 0.513. The standard InChI is InChI=1S/C21H21FN6O2/c1-29-21-16(9-14(22)11-27-21)18-10-15(17(23)12-26-18)20(24)13-2-3-25-19(8-13)28-4-6-30-7-5-28/h2-3,8-12,24H,4-7,23H2,1H3. The summed E-state index contributed by atoms with van der Waals surface area (Å²) in [5, 5.41) is 8.72. The lowest BCUT2D eigenvalue weighted by atomic mass is 10.0. The third-order valence-electron chi connectivity index (χ3n) is 4.86. The molecule has 3 aromatic rings. The summed E-state index contributed by atoms with van der Waals surface area (Å²) in [4.78, 5) is 14.8. The molecule has 0 amide bonds. The van der Waals surface area contributed by atoms with E-state index in [4.69, 9.17) is 20.6 Å². The van der Waals surface area contributed by atoms with Gasteiger partial charge in [0.25, 0.3) is 0 Å². The van der Waals surface area contributed by atoms with Crippen molar-refractivity contribution in [1.82, 2.24) is 15.0 Å². The zero-order valence-corrected chi connectivity index (χ0v) is 16.4. The molecule has 3 N–H and O–H groups in total. The van der Waals surface area contributed by atoms with Crippen LogP contribution in [0.3, 0.4) is 0 Å². The Bertz CT molecular complexity index is 1080. The number of anilines is 2. The van der Waals surface area contributed by atoms with Crippen LogP contribution < -0.4 is 15.4 Å². The molecule has 1 aliphatic heterocycles. The lowest BCUT2D eigenvalue weighted by Gasteiger charge is -2.28. The topological polar surface area (TPSA) is 110 Å². The molecular formula is C21H21FN6O2. The maximum Gasteiger partial charge on any atom is 0.222 e. The molecule has 1 saturated heterocycles. The molecule has 1 fully saturated rings. The Morgan fingerprint density at radius 3 is 2.73 bits per heavy atom. The van der Waals surface area contributed by atoms with Gasteiger partial charge >= 0.3 is 0 Å². The van der Waals surface area contributed by atoms with Crippen LogP contribution in [0.25, 0.3) is 11.3 Å². The smallest absolute Gasteiger partial charge is 0.222 e. The summed E-state index contributed by atoms with van der Waals surface area (Å²) in [7, 11) is 1.45. The van der Waals surface area contributed by atoms with Crippen LogP contribution in [0.1, 0.15) is 11.1 Å². The predicted octanol–water partition coefficient (Wildman–Crippen LogP) is 2.52. The molecule has 0 saturated carbocycles. The molecule has 4 heterocycles. The first kappa shape index (κ1) is 19.7. The van der Waals surface area contributed by atoms with Gasteiger partial charge in [-0.1, -0.05) is 0 Å². The quantitative estimate of drug-likeness (QED) is 0.624. The van der Waals surface area contributed by atoms with Crippen molar-refractivity contribution in [3.05, 3.63) is 59.8 Å². The molecule has 0 atom stereocenters. The van der Waals surface area contributed by atoms with Gasteiger partial charge in [0, 0.05) is 30.4 Å². The fourth-order valence-corrected chi connectivity index (χ4v) is 3.30. The Morgan fingerprint density at radius 2 is 1.97 bits per heavy atom. The number of rotatable bonds is 5. The second kappa shape index (κ2) is 8.42. The second-order valence-electron chi connectivity index (χ2n) is 6.74. The third-order valence-corrected chi connectivity index (χ3v) is 4.86. The van der Waals surface area contributed by atoms with Crippen LogP contribution in [0, 0.1) is 11.2 Å². The number of methoxy groups -OCH3 is 1. The first-order valence-corrected chi connectivity index (χ1v) is 9.40. The lowest BCUT2D eigenvalue weighted by molar-refractivity contribution is 0.122. The number of nitrogens with one attached hydrogen (secondary N) is 1. The van der Waals surface area contributed by atoms with Crippen molar-refractivity contribution >= 4 is 17.2 Å². The van der Waals surface area contributed by atoms with E-state index < -0.39 is 5.82 Å². The molecule has 0 spiro atoms. The highest BCUT2D eigenvalue weighted by atomic mass is 19.1. The minimum absolute atomic E-state index is 0.219. The molecule has 30 heavy (non-hydrogen) atoms. The van der Waals surface area contributed by atoms with E-state index in [1.165, 1.54) is 19.4 Å². The number of hydrogen-bond donors (Lipinski definition) is 2. The third kappa shape index (κ3) is 3.92. The molecule has 0 aromatic carbocycles. The summed E-state index contributed by atoms with van der Waals surface area (Å²) >= 11 is 0. The molecule has 0 bridgehead atoms. The van der Waals surface area contributed by atoms with Crippen LogP contribution in [0.5, 0.6) is 5.88 Å². The first-order valence-electron chi connectivity index (χ1n) is 9.40. The van der Waals surface area contributed by atoms with E-state index in [-0.39, 0.29) is 11.6 Å². The van der Waals surface area contributed by atoms with Crippen LogP contribution in [0.15, 0.2) is 42.9 Å². The zero-order chi connectivity index (χ0) is 21.1. The number of nitrogens with two attached hydrogens (primary N) is 1. The highest BCUT2D eigenvalue weighted by Gasteiger charge is 2.17. The number of ether oxygens (including phenoxy) is 2. The van der Waals surface area contributed by atoms with Gasteiger partial charge in [0.2, 0.25) is 5.88 Å². The Morgan fingerprint density at radius 1 is 1.17 bits per heavy atom. The molecule has 9 heteroatoms. The fraction of sp³-hybridized carbons (Fsp3) is 0.238. The van der Waals surface area contributed by atoms with E-state index >= 15 is 0 Å². The summed E-state index contributed by atoms with van der Waals surface area (Å²) in [6, 6.07) is 6.56. The number of morpholine rings is 1. The van der Waals surface area contributed by atoms with Gasteiger partial charge in [0.1, 0.15) is 11.6 Å². The van der Waals surface area contributed by atoms with Crippen molar-refractivity contribution < 1.29 is 13.9 Å². The highest BCUT2D eigenvalue weighted by Crippen LogP contribution is 2.30. The van der Waals surface area contributed by atoms with Crippen LogP contribution in [0.4, 0.5) is 15.9 Å². The van der Waals surface area contributed by atoms with Crippen molar-refractivity contribution in [1.29, 1.82) is 5.41 Å². The van der Waals surface area contributed by atoms with Gasteiger partial charge in [0.05, 0.1) is 55.4 Å². The van der Waals surface area contributed by atoms with E-state index in [0.717, 1.165) is 25.1 Å². The average Bonchev–Trinajstić information content (AvgIpc) is 2.79. The van der Waals surface area contributed by atoms with Crippen LogP contribution in [-0.2, 0) is 4.74 Å². The van der Waals surface area contributed by atoms with Gasteiger partial charge in [0.15, 0.2) is 0 Å². The fourth-order valence-electron chi connectivity index (χ4n) is 3.30. The average molecular weight is 408 g/mol. The van der Waals surface area contributed by atoms with Crippen LogP contribution >= 0.6 is 0 Å². The van der Waals surface area contributed by atoms with Crippen LogP contribution in [0.2, 0.25) is 0 Å². The normalized spacial score (nSPS) is 13.9. The molecule has 0 unspecified atom stereocenters. The number of hydrogen-bond acceptors (Lipinski definition) is 8. The molecule has 1 aliphatic rings. The highest BCUT2D eigenvalue weighted by molar-refractivity contribution is 6.14. The van der Waals surface area contributed by atoms with E-state index in [1.54, 1.807) is 18.3 Å². The van der Waals surface area contributed by atoms with Gasteiger partial charge in [-0.3, -0.25) is 10.4 Å². The first-order chi connectivity index (χ1) is 14.6. The molecule has 0 radical (unpaired) electrons. The molecule has 3 aromatic heterocycles. The number of nitrogens with zero attached hydrogens (tertiary/aromatic N) is 4. The number of aromatic nitrogens is 3. The largest absolute Gasteiger partial charge is 0.481 e. The van der Waals surface area contributed by atoms with Crippen molar-refractivity contribution in [3.63, 3.8) is 0 Å². The maximum atomic E-state index is 13.8. The number of nitrogen functional groups attached to an aromatic ring is 1. The van der Waals surface area contributed by atoms with Gasteiger partial charge in [-0.25, -0.2) is 14.4 Å². The summed E-state index contributed by atoms with van der Waals surface area (Å²) < 4.78 is 24.4. The summed E-state index contributed by atoms with van der Waals surface area (Å²) in [6.07, 6.45) is 4.20. The Labute approximate surface area is 173 Å². The lowest BCUT2D eigenvalue weighted by Crippen LogP contribution is -2.36. The van der Waals surface area contributed by atoms with Gasteiger partial charge < -0.3 is 20.1 Å². The van der Waals surface area contributed by atoms with Gasteiger partial charge in [-0.05, 0) is 24.3 Å². The SMILES string of the molecule is COc1ncc(F)cc1-c1cc(C(=N)c2ccnc(N3CCOCC3)c2)c(N)cn1. The van der Waals surface area contributed by atoms with Crippen LogP contribution in [-0.4, -0.2) is 54.1 Å². The zero-order valence-electron chi connectivity index (χ0n) is 16.4. The van der Waals surface area contributed by atoms with Crippen molar-refractivity contribution in [2.75, 3.05) is 44.0 Å².